The van der Waals surface area contributed by atoms with E-state index < -0.39 is 0 Å². The van der Waals surface area contributed by atoms with Gasteiger partial charge in [-0.3, -0.25) is 9.59 Å². The molecule has 24 heavy (non-hydrogen) atoms. The van der Waals surface area contributed by atoms with Gasteiger partial charge in [-0.1, -0.05) is 6.07 Å². The van der Waals surface area contributed by atoms with Crippen LogP contribution in [-0.2, 0) is 20.7 Å². The molecule has 0 N–H and O–H groups in total. The van der Waals surface area contributed by atoms with Crippen LogP contribution in [0.4, 0.5) is 0 Å². The van der Waals surface area contributed by atoms with Crippen molar-refractivity contribution in [2.45, 2.75) is 40.0 Å². The molecule has 130 valence electrons. The molecule has 2 aromatic heterocycles. The zero-order chi connectivity index (χ0) is 17.5. The Balaban J connectivity index is 1.95. The van der Waals surface area contributed by atoms with Gasteiger partial charge in [-0.25, -0.2) is 4.98 Å². The van der Waals surface area contributed by atoms with E-state index in [2.05, 4.69) is 4.98 Å². The maximum atomic E-state index is 12.4. The molecule has 2 rings (SSSR count). The van der Waals surface area contributed by atoms with Gasteiger partial charge in [0.1, 0.15) is 5.65 Å². The summed E-state index contributed by atoms with van der Waals surface area (Å²) in [5, 5.41) is 0. The van der Waals surface area contributed by atoms with Gasteiger partial charge >= 0.3 is 5.97 Å². The molecule has 0 bridgehead atoms. The molecule has 6 heteroatoms. The first kappa shape index (κ1) is 18.0. The van der Waals surface area contributed by atoms with Crippen molar-refractivity contribution < 1.29 is 14.3 Å². The SMILES string of the molecule is CCOC(=O)CCN(CC)C(=O)CCc1c(C)nc2ccccn12. The smallest absolute Gasteiger partial charge is 0.307 e. The summed E-state index contributed by atoms with van der Waals surface area (Å²) in [4.78, 5) is 30.1. The molecule has 1 amide bonds. The van der Waals surface area contributed by atoms with Gasteiger partial charge in [0.15, 0.2) is 0 Å². The van der Waals surface area contributed by atoms with Crippen LogP contribution in [0.3, 0.4) is 0 Å². The van der Waals surface area contributed by atoms with E-state index in [0.29, 0.717) is 32.5 Å². The van der Waals surface area contributed by atoms with E-state index in [1.165, 1.54) is 0 Å². The number of carbonyl (C=O) groups excluding carboxylic acids is 2. The number of esters is 1. The fourth-order valence-electron chi connectivity index (χ4n) is 2.77. The number of aromatic nitrogens is 2. The molecule has 6 nitrogen and oxygen atoms in total. The van der Waals surface area contributed by atoms with Crippen molar-refractivity contribution in [3.63, 3.8) is 0 Å². The largest absolute Gasteiger partial charge is 0.466 e. The number of hydrogen-bond donors (Lipinski definition) is 0. The molecule has 0 aliphatic rings. The predicted molar refractivity (Wildman–Crippen MR) is 91.8 cm³/mol. The first-order chi connectivity index (χ1) is 11.6. The van der Waals surface area contributed by atoms with E-state index >= 15 is 0 Å². The van der Waals surface area contributed by atoms with E-state index in [1.54, 1.807) is 11.8 Å². The minimum atomic E-state index is -0.263. The number of imidazole rings is 1. The zero-order valence-electron chi connectivity index (χ0n) is 14.6. The van der Waals surface area contributed by atoms with Crippen molar-refractivity contribution in [3.05, 3.63) is 35.8 Å². The second kappa shape index (κ2) is 8.47. The Morgan fingerprint density at radius 1 is 1.25 bits per heavy atom. The number of amides is 1. The molecule has 0 fully saturated rings. The van der Waals surface area contributed by atoms with E-state index in [1.807, 2.05) is 42.6 Å². The Bertz CT molecular complexity index is 709. The third kappa shape index (κ3) is 4.34. The third-order valence-corrected chi connectivity index (χ3v) is 4.03. The fourth-order valence-corrected chi connectivity index (χ4v) is 2.77. The van der Waals surface area contributed by atoms with Crippen molar-refractivity contribution in [1.29, 1.82) is 0 Å². The summed E-state index contributed by atoms with van der Waals surface area (Å²) in [6.45, 7) is 7.02. The van der Waals surface area contributed by atoms with Gasteiger partial charge < -0.3 is 14.0 Å². The summed E-state index contributed by atoms with van der Waals surface area (Å²) in [7, 11) is 0. The number of aryl methyl sites for hydroxylation is 2. The normalized spacial score (nSPS) is 10.8. The van der Waals surface area contributed by atoms with Gasteiger partial charge in [-0.15, -0.1) is 0 Å². The molecular weight excluding hydrogens is 306 g/mol. The molecule has 0 aromatic carbocycles. The fraction of sp³-hybridized carbons (Fsp3) is 0.500. The summed E-state index contributed by atoms with van der Waals surface area (Å²) in [5.74, 6) is -0.214. The summed E-state index contributed by atoms with van der Waals surface area (Å²) < 4.78 is 6.94. The molecule has 0 spiro atoms. The summed E-state index contributed by atoms with van der Waals surface area (Å²) in [6.07, 6.45) is 3.24. The highest BCUT2D eigenvalue weighted by atomic mass is 16.5. The molecule has 0 aliphatic carbocycles. The van der Waals surface area contributed by atoms with Crippen molar-refractivity contribution in [2.24, 2.45) is 0 Å². The molecule has 0 atom stereocenters. The Labute approximate surface area is 142 Å². The minimum absolute atomic E-state index is 0.0482. The molecule has 0 saturated carbocycles. The third-order valence-electron chi connectivity index (χ3n) is 4.03. The second-order valence-corrected chi connectivity index (χ2v) is 5.60. The van der Waals surface area contributed by atoms with E-state index in [4.69, 9.17) is 4.74 Å². The lowest BCUT2D eigenvalue weighted by Crippen LogP contribution is -2.33. The second-order valence-electron chi connectivity index (χ2n) is 5.60. The van der Waals surface area contributed by atoms with Crippen molar-refractivity contribution in [1.82, 2.24) is 14.3 Å². The monoisotopic (exact) mass is 331 g/mol. The lowest BCUT2D eigenvalue weighted by Gasteiger charge is -2.20. The van der Waals surface area contributed by atoms with Gasteiger partial charge in [0.05, 0.1) is 18.7 Å². The number of pyridine rings is 1. The van der Waals surface area contributed by atoms with Crippen molar-refractivity contribution >= 4 is 17.5 Å². The van der Waals surface area contributed by atoms with Crippen molar-refractivity contribution in [3.8, 4) is 0 Å². The van der Waals surface area contributed by atoms with E-state index in [0.717, 1.165) is 17.0 Å². The molecule has 0 unspecified atom stereocenters. The lowest BCUT2D eigenvalue weighted by atomic mass is 10.2. The van der Waals surface area contributed by atoms with Crippen LogP contribution in [0, 0.1) is 6.92 Å². The van der Waals surface area contributed by atoms with Gasteiger partial charge in [0.2, 0.25) is 5.91 Å². The molecule has 2 heterocycles. The van der Waals surface area contributed by atoms with Crippen LogP contribution in [0.25, 0.3) is 5.65 Å². The zero-order valence-corrected chi connectivity index (χ0v) is 14.6. The average molecular weight is 331 g/mol. The molecule has 2 aromatic rings. The quantitative estimate of drug-likeness (QED) is 0.697. The predicted octanol–water partition coefficient (Wildman–Crippen LogP) is 2.38. The van der Waals surface area contributed by atoms with Crippen LogP contribution in [0.2, 0.25) is 0 Å². The minimum Gasteiger partial charge on any atom is -0.466 e. The van der Waals surface area contributed by atoms with Gasteiger partial charge in [-0.2, -0.15) is 0 Å². The van der Waals surface area contributed by atoms with Crippen molar-refractivity contribution in [2.75, 3.05) is 19.7 Å². The number of carbonyl (C=O) groups is 2. The number of hydrogen-bond acceptors (Lipinski definition) is 4. The van der Waals surface area contributed by atoms with Gasteiger partial charge in [0.25, 0.3) is 0 Å². The van der Waals surface area contributed by atoms with Gasteiger partial charge in [0, 0.05) is 31.4 Å². The van der Waals surface area contributed by atoms with Crippen LogP contribution in [0.5, 0.6) is 0 Å². The topological polar surface area (TPSA) is 63.9 Å². The Hall–Kier alpha value is -2.37. The Kier molecular flexibility index (Phi) is 6.35. The average Bonchev–Trinajstić information content (AvgIpc) is 2.89. The number of fused-ring (bicyclic) bond motifs is 1. The number of ether oxygens (including phenoxy) is 1. The van der Waals surface area contributed by atoms with E-state index in [9.17, 15) is 9.59 Å². The molecular formula is C18H25N3O3. The van der Waals surface area contributed by atoms with E-state index in [-0.39, 0.29) is 18.3 Å². The lowest BCUT2D eigenvalue weighted by molar-refractivity contribution is -0.144. The van der Waals surface area contributed by atoms with Crippen LogP contribution in [0.15, 0.2) is 24.4 Å². The maximum Gasteiger partial charge on any atom is 0.307 e. The highest BCUT2D eigenvalue weighted by Gasteiger charge is 2.16. The first-order valence-electron chi connectivity index (χ1n) is 8.42. The van der Waals surface area contributed by atoms with Crippen LogP contribution < -0.4 is 0 Å². The highest BCUT2D eigenvalue weighted by molar-refractivity contribution is 5.77. The molecule has 0 radical (unpaired) electrons. The highest BCUT2D eigenvalue weighted by Crippen LogP contribution is 2.14. The first-order valence-corrected chi connectivity index (χ1v) is 8.42. The summed E-state index contributed by atoms with van der Waals surface area (Å²) >= 11 is 0. The number of rotatable bonds is 8. The molecule has 0 aliphatic heterocycles. The summed E-state index contributed by atoms with van der Waals surface area (Å²) in [5.41, 5.74) is 2.90. The number of nitrogens with zero attached hydrogens (tertiary/aromatic N) is 3. The van der Waals surface area contributed by atoms with Crippen LogP contribution in [-0.4, -0.2) is 45.9 Å². The Morgan fingerprint density at radius 3 is 2.75 bits per heavy atom. The van der Waals surface area contributed by atoms with Crippen LogP contribution >= 0.6 is 0 Å². The molecule has 0 saturated heterocycles. The standard InChI is InChI=1S/C18H25N3O3/c1-4-20(13-11-18(23)24-5-2)17(22)10-9-15-14(3)19-16-8-6-7-12-21(15)16/h6-8,12H,4-5,9-11,13H2,1-3H3. The van der Waals surface area contributed by atoms with Gasteiger partial charge in [-0.05, 0) is 39.3 Å². The summed E-state index contributed by atoms with van der Waals surface area (Å²) in [6, 6.07) is 5.86. The maximum absolute atomic E-state index is 12.4. The Morgan fingerprint density at radius 2 is 2.04 bits per heavy atom. The van der Waals surface area contributed by atoms with Crippen LogP contribution in [0.1, 0.15) is 38.1 Å².